The lowest BCUT2D eigenvalue weighted by atomic mass is 9.98. The number of aromatic carboxylic acids is 1. The summed E-state index contributed by atoms with van der Waals surface area (Å²) in [7, 11) is 0. The topological polar surface area (TPSA) is 72.8 Å². The van der Waals surface area contributed by atoms with Gasteiger partial charge in [0.1, 0.15) is 11.4 Å². The third kappa shape index (κ3) is 6.73. The number of nitrogens with zero attached hydrogens (tertiary/aromatic N) is 5. The number of piperazine rings is 1. The first-order valence-corrected chi connectivity index (χ1v) is 13.3. The molecule has 3 aromatic rings. The Morgan fingerprint density at radius 3 is 2.30 bits per heavy atom. The quantitative estimate of drug-likeness (QED) is 0.421. The number of hydrogen-bond donors (Lipinski definition) is 1. The van der Waals surface area contributed by atoms with Crippen LogP contribution in [0.4, 0.5) is 5.82 Å². The molecule has 0 saturated carbocycles. The lowest BCUT2D eigenvalue weighted by molar-refractivity contribution is 0.0695. The predicted octanol–water partition coefficient (Wildman–Crippen LogP) is 4.95. The Morgan fingerprint density at radius 1 is 0.973 bits per heavy atom. The van der Waals surface area contributed by atoms with Gasteiger partial charge in [-0.15, -0.1) is 0 Å². The van der Waals surface area contributed by atoms with Crippen molar-refractivity contribution in [1.29, 1.82) is 0 Å². The molecule has 2 aromatic heterocycles. The van der Waals surface area contributed by atoms with Crippen LogP contribution in [0, 0.1) is 6.92 Å². The van der Waals surface area contributed by atoms with Crippen LogP contribution in [-0.4, -0.2) is 63.6 Å². The van der Waals surface area contributed by atoms with E-state index < -0.39 is 5.97 Å². The molecule has 7 heteroatoms. The molecule has 1 aliphatic heterocycles. The van der Waals surface area contributed by atoms with Crippen LogP contribution in [0.5, 0.6) is 0 Å². The van der Waals surface area contributed by atoms with Gasteiger partial charge in [-0.1, -0.05) is 51.1 Å². The van der Waals surface area contributed by atoms with Gasteiger partial charge < -0.3 is 10.0 Å². The van der Waals surface area contributed by atoms with E-state index in [2.05, 4.69) is 68.8 Å². The fraction of sp³-hybridized carbons (Fsp3) is 0.433. The zero-order valence-corrected chi connectivity index (χ0v) is 22.5. The molecule has 0 bridgehead atoms. The Bertz CT molecular complexity index is 1190. The minimum absolute atomic E-state index is 0.140. The number of aromatic nitrogens is 2. The van der Waals surface area contributed by atoms with E-state index in [-0.39, 0.29) is 5.92 Å². The van der Waals surface area contributed by atoms with Crippen LogP contribution in [0.2, 0.25) is 0 Å². The fourth-order valence-electron chi connectivity index (χ4n) is 4.99. The van der Waals surface area contributed by atoms with Gasteiger partial charge in [0.25, 0.3) is 0 Å². The highest BCUT2D eigenvalue weighted by Gasteiger charge is 2.25. The maximum absolute atomic E-state index is 12.0. The summed E-state index contributed by atoms with van der Waals surface area (Å²) in [6.07, 6.45) is 3.59. The van der Waals surface area contributed by atoms with Crippen molar-refractivity contribution in [2.45, 2.75) is 53.2 Å². The van der Waals surface area contributed by atoms with E-state index in [0.29, 0.717) is 11.4 Å². The molecule has 1 aliphatic rings. The minimum Gasteiger partial charge on any atom is -0.478 e. The third-order valence-corrected chi connectivity index (χ3v) is 7.26. The number of carboxylic acid groups (broad SMARTS) is 1. The van der Waals surface area contributed by atoms with Crippen LogP contribution >= 0.6 is 0 Å². The van der Waals surface area contributed by atoms with Gasteiger partial charge in [-0.2, -0.15) is 0 Å². The molecule has 0 spiro atoms. The third-order valence-electron chi connectivity index (χ3n) is 7.26. The number of rotatable bonds is 10. The molecule has 1 saturated heterocycles. The standard InChI is InChI=1S/C30H39N5O2/c1-5-33(21-26-7-6-13-31-23(26)4)19-24-8-10-25(11-9-24)20-34-15-17-35(18-16-34)29-28(30(36)37)27(22(2)3)12-14-32-29/h6-14,22H,5,15-21H2,1-4H3,(H,36,37). The molecule has 1 N–H and O–H groups in total. The summed E-state index contributed by atoms with van der Waals surface area (Å²) in [5.41, 5.74) is 6.18. The van der Waals surface area contributed by atoms with Crippen LogP contribution in [0.25, 0.3) is 0 Å². The molecule has 1 aromatic carbocycles. The molecule has 0 amide bonds. The molecule has 0 radical (unpaired) electrons. The number of anilines is 1. The van der Waals surface area contributed by atoms with Gasteiger partial charge in [-0.25, -0.2) is 9.78 Å². The van der Waals surface area contributed by atoms with Gasteiger partial charge in [0.05, 0.1) is 0 Å². The monoisotopic (exact) mass is 501 g/mol. The molecular formula is C30H39N5O2. The van der Waals surface area contributed by atoms with Crippen molar-refractivity contribution in [3.8, 4) is 0 Å². The number of hydrogen-bond acceptors (Lipinski definition) is 6. The highest BCUT2D eigenvalue weighted by molar-refractivity contribution is 5.95. The van der Waals surface area contributed by atoms with Crippen LogP contribution < -0.4 is 4.90 Å². The second-order valence-electron chi connectivity index (χ2n) is 10.2. The lowest BCUT2D eigenvalue weighted by Crippen LogP contribution is -2.46. The van der Waals surface area contributed by atoms with Crippen LogP contribution in [0.15, 0.2) is 54.9 Å². The van der Waals surface area contributed by atoms with Gasteiger partial charge in [0.2, 0.25) is 0 Å². The van der Waals surface area contributed by atoms with Crippen LogP contribution in [0.1, 0.15) is 65.0 Å². The van der Waals surface area contributed by atoms with Crippen molar-refractivity contribution >= 4 is 11.8 Å². The van der Waals surface area contributed by atoms with E-state index in [1.165, 1.54) is 16.7 Å². The second kappa shape index (κ2) is 12.3. The van der Waals surface area contributed by atoms with Crippen molar-refractivity contribution in [3.05, 3.63) is 88.4 Å². The summed E-state index contributed by atoms with van der Waals surface area (Å²) >= 11 is 0. The first kappa shape index (κ1) is 26.8. The molecule has 196 valence electrons. The smallest absolute Gasteiger partial charge is 0.339 e. The van der Waals surface area contributed by atoms with E-state index in [0.717, 1.165) is 63.6 Å². The lowest BCUT2D eigenvalue weighted by Gasteiger charge is -2.36. The molecule has 37 heavy (non-hydrogen) atoms. The summed E-state index contributed by atoms with van der Waals surface area (Å²) in [5.74, 6) is -0.155. The second-order valence-corrected chi connectivity index (χ2v) is 10.2. The Kier molecular flexibility index (Phi) is 8.90. The Hall–Kier alpha value is -3.29. The summed E-state index contributed by atoms with van der Waals surface area (Å²) in [4.78, 5) is 27.9. The van der Waals surface area contributed by atoms with Crippen molar-refractivity contribution < 1.29 is 9.90 Å². The van der Waals surface area contributed by atoms with Crippen molar-refractivity contribution in [2.75, 3.05) is 37.6 Å². The molecule has 1 fully saturated rings. The molecule has 0 unspecified atom stereocenters. The summed E-state index contributed by atoms with van der Waals surface area (Å²) in [5, 5.41) is 9.87. The molecule has 0 aliphatic carbocycles. The fourth-order valence-corrected chi connectivity index (χ4v) is 4.99. The highest BCUT2D eigenvalue weighted by Crippen LogP contribution is 2.28. The van der Waals surface area contributed by atoms with E-state index in [4.69, 9.17) is 0 Å². The van der Waals surface area contributed by atoms with Crippen molar-refractivity contribution in [2.24, 2.45) is 0 Å². The summed E-state index contributed by atoms with van der Waals surface area (Å²) in [6, 6.07) is 15.0. The zero-order valence-electron chi connectivity index (χ0n) is 22.5. The molecule has 0 atom stereocenters. The van der Waals surface area contributed by atoms with Gasteiger partial charge in [-0.05, 0) is 53.8 Å². The zero-order chi connectivity index (χ0) is 26.4. The largest absolute Gasteiger partial charge is 0.478 e. The number of carboxylic acids is 1. The number of carbonyl (C=O) groups is 1. The predicted molar refractivity (Wildman–Crippen MR) is 148 cm³/mol. The minimum atomic E-state index is -0.897. The normalized spacial score (nSPS) is 14.5. The van der Waals surface area contributed by atoms with Gasteiger partial charge >= 0.3 is 5.97 Å². The molecule has 7 nitrogen and oxygen atoms in total. The average Bonchev–Trinajstić information content (AvgIpc) is 2.90. The molecule has 4 rings (SSSR count). The van der Waals surface area contributed by atoms with Gasteiger partial charge in [-0.3, -0.25) is 14.8 Å². The van der Waals surface area contributed by atoms with Crippen LogP contribution in [0.3, 0.4) is 0 Å². The van der Waals surface area contributed by atoms with Gasteiger partial charge in [0, 0.05) is 63.9 Å². The maximum Gasteiger partial charge on any atom is 0.339 e. The maximum atomic E-state index is 12.0. The Balaban J connectivity index is 1.33. The molecule has 3 heterocycles. The average molecular weight is 502 g/mol. The number of aryl methyl sites for hydroxylation is 1. The van der Waals surface area contributed by atoms with E-state index in [1.54, 1.807) is 6.20 Å². The van der Waals surface area contributed by atoms with Crippen molar-refractivity contribution in [1.82, 2.24) is 19.8 Å². The van der Waals surface area contributed by atoms with E-state index in [9.17, 15) is 9.90 Å². The van der Waals surface area contributed by atoms with E-state index in [1.807, 2.05) is 32.2 Å². The first-order chi connectivity index (χ1) is 17.9. The number of pyridine rings is 2. The van der Waals surface area contributed by atoms with Crippen molar-refractivity contribution in [3.63, 3.8) is 0 Å². The Morgan fingerprint density at radius 2 is 1.68 bits per heavy atom. The highest BCUT2D eigenvalue weighted by atomic mass is 16.4. The SMILES string of the molecule is CCN(Cc1ccc(CN2CCN(c3nccc(C(C)C)c3C(=O)O)CC2)cc1)Cc1cccnc1C. The Labute approximate surface area is 220 Å². The van der Waals surface area contributed by atoms with E-state index >= 15 is 0 Å². The van der Waals surface area contributed by atoms with Crippen LogP contribution in [-0.2, 0) is 19.6 Å². The summed E-state index contributed by atoms with van der Waals surface area (Å²) in [6.45, 7) is 15.3. The summed E-state index contributed by atoms with van der Waals surface area (Å²) < 4.78 is 0. The first-order valence-electron chi connectivity index (χ1n) is 13.3. The molecular weight excluding hydrogens is 462 g/mol. The number of benzene rings is 1. The van der Waals surface area contributed by atoms with Gasteiger partial charge in [0.15, 0.2) is 0 Å².